The Hall–Kier alpha value is -4.38. The highest BCUT2D eigenvalue weighted by Gasteiger charge is 2.17. The molecular weight excluding hydrogens is 444 g/mol. The van der Waals surface area contributed by atoms with E-state index in [1.165, 1.54) is 0 Å². The quantitative estimate of drug-likeness (QED) is 0.218. The molecular formula is C32H28N2O2. The number of aliphatic hydroxyl groups excluding tert-OH is 2. The monoisotopic (exact) mass is 472 g/mol. The molecule has 0 spiro atoms. The minimum atomic E-state index is -0.109. The zero-order chi connectivity index (χ0) is 24.7. The number of aliphatic hydroxyl groups is 2. The maximum absolute atomic E-state index is 10.2. The number of anilines is 5. The van der Waals surface area contributed by atoms with Gasteiger partial charge in [-0.25, -0.2) is 0 Å². The Morgan fingerprint density at radius 2 is 0.972 bits per heavy atom. The van der Waals surface area contributed by atoms with Gasteiger partial charge in [-0.3, -0.25) is 0 Å². The van der Waals surface area contributed by atoms with Gasteiger partial charge in [0.15, 0.2) is 0 Å². The van der Waals surface area contributed by atoms with Gasteiger partial charge >= 0.3 is 0 Å². The molecule has 3 N–H and O–H groups in total. The third-order valence-electron chi connectivity index (χ3n) is 6.20. The van der Waals surface area contributed by atoms with E-state index in [-0.39, 0.29) is 13.2 Å². The van der Waals surface area contributed by atoms with Gasteiger partial charge in [-0.05, 0) is 59.7 Å². The summed E-state index contributed by atoms with van der Waals surface area (Å²) in [5, 5.41) is 23.7. The van der Waals surface area contributed by atoms with Crippen molar-refractivity contribution in [2.75, 3.05) is 10.2 Å². The van der Waals surface area contributed by atoms with Crippen molar-refractivity contribution in [1.29, 1.82) is 0 Å². The molecule has 36 heavy (non-hydrogen) atoms. The van der Waals surface area contributed by atoms with E-state index in [9.17, 15) is 10.2 Å². The van der Waals surface area contributed by atoms with Crippen LogP contribution >= 0.6 is 0 Å². The lowest BCUT2D eigenvalue weighted by atomic mass is 9.94. The van der Waals surface area contributed by atoms with E-state index in [0.29, 0.717) is 0 Å². The summed E-state index contributed by atoms with van der Waals surface area (Å²) >= 11 is 0. The third-order valence-corrected chi connectivity index (χ3v) is 6.20. The summed E-state index contributed by atoms with van der Waals surface area (Å²) in [6.45, 7) is -0.214. The van der Waals surface area contributed by atoms with E-state index in [4.69, 9.17) is 0 Å². The van der Waals surface area contributed by atoms with E-state index in [2.05, 4.69) is 58.7 Å². The molecule has 5 aromatic carbocycles. The van der Waals surface area contributed by atoms with E-state index >= 15 is 0 Å². The summed E-state index contributed by atoms with van der Waals surface area (Å²) < 4.78 is 0. The summed E-state index contributed by atoms with van der Waals surface area (Å²) in [7, 11) is 0. The number of para-hydroxylation sites is 3. The predicted octanol–water partition coefficient (Wildman–Crippen LogP) is 7.55. The van der Waals surface area contributed by atoms with Crippen molar-refractivity contribution < 1.29 is 10.2 Å². The minimum Gasteiger partial charge on any atom is -0.392 e. The molecule has 0 atom stereocenters. The van der Waals surface area contributed by atoms with Crippen LogP contribution < -0.4 is 10.2 Å². The van der Waals surface area contributed by atoms with Crippen molar-refractivity contribution in [2.24, 2.45) is 0 Å². The zero-order valence-electron chi connectivity index (χ0n) is 19.9. The van der Waals surface area contributed by atoms with Crippen LogP contribution in [-0.2, 0) is 13.2 Å². The average Bonchev–Trinajstić information content (AvgIpc) is 2.95. The number of hydrogen-bond acceptors (Lipinski definition) is 4. The Balaban J connectivity index is 1.60. The van der Waals surface area contributed by atoms with Crippen LogP contribution in [0.3, 0.4) is 0 Å². The minimum absolute atomic E-state index is 0.105. The van der Waals surface area contributed by atoms with Crippen molar-refractivity contribution >= 4 is 28.4 Å². The summed E-state index contributed by atoms with van der Waals surface area (Å²) in [5.41, 5.74) is 8.28. The molecule has 0 unspecified atom stereocenters. The Kier molecular flexibility index (Phi) is 7.08. The fourth-order valence-corrected chi connectivity index (χ4v) is 4.47. The normalized spacial score (nSPS) is 10.7. The molecule has 5 aromatic rings. The molecule has 0 heterocycles. The van der Waals surface area contributed by atoms with Crippen LogP contribution in [0.1, 0.15) is 11.1 Å². The van der Waals surface area contributed by atoms with Crippen LogP contribution in [0.4, 0.5) is 28.4 Å². The van der Waals surface area contributed by atoms with Gasteiger partial charge in [-0.2, -0.15) is 0 Å². The maximum atomic E-state index is 10.2. The standard InChI is InChI=1S/C32H28N2O2/c35-22-25-16-17-26(23-36)32(33-27-10-4-1-5-11-27)31(25)24-18-20-30(21-19-24)34(28-12-6-2-7-13-28)29-14-8-3-9-15-29/h1-21,33,35-36H,22-23H2. The molecule has 0 saturated heterocycles. The van der Waals surface area contributed by atoms with Crippen LogP contribution in [0.25, 0.3) is 11.1 Å². The fourth-order valence-electron chi connectivity index (χ4n) is 4.47. The Morgan fingerprint density at radius 1 is 0.500 bits per heavy atom. The average molecular weight is 473 g/mol. The second-order valence-corrected chi connectivity index (χ2v) is 8.49. The van der Waals surface area contributed by atoms with Crippen molar-refractivity contribution in [3.63, 3.8) is 0 Å². The number of nitrogens with zero attached hydrogens (tertiary/aromatic N) is 1. The Morgan fingerprint density at radius 3 is 1.50 bits per heavy atom. The molecule has 0 aromatic heterocycles. The predicted molar refractivity (Wildman–Crippen MR) is 148 cm³/mol. The van der Waals surface area contributed by atoms with Crippen molar-refractivity contribution in [2.45, 2.75) is 13.2 Å². The largest absolute Gasteiger partial charge is 0.392 e. The molecule has 5 rings (SSSR count). The van der Waals surface area contributed by atoms with Crippen molar-refractivity contribution in [3.8, 4) is 11.1 Å². The molecule has 0 amide bonds. The Bertz CT molecular complexity index is 1360. The lowest BCUT2D eigenvalue weighted by Crippen LogP contribution is -2.09. The number of rotatable bonds is 8. The molecule has 4 heteroatoms. The van der Waals surface area contributed by atoms with Crippen molar-refractivity contribution in [3.05, 3.63) is 139 Å². The fraction of sp³-hybridized carbons (Fsp3) is 0.0625. The van der Waals surface area contributed by atoms with Gasteiger partial charge in [-0.1, -0.05) is 78.9 Å². The molecule has 0 fully saturated rings. The molecule has 0 aliphatic heterocycles. The van der Waals surface area contributed by atoms with Gasteiger partial charge < -0.3 is 20.4 Å². The van der Waals surface area contributed by atoms with E-state index in [1.54, 1.807) is 0 Å². The van der Waals surface area contributed by atoms with E-state index in [1.807, 2.05) is 78.9 Å². The molecule has 0 saturated carbocycles. The van der Waals surface area contributed by atoms with E-state index < -0.39 is 0 Å². The molecule has 4 nitrogen and oxygen atoms in total. The summed E-state index contributed by atoms with van der Waals surface area (Å²) in [6, 6.07) is 42.5. The lowest BCUT2D eigenvalue weighted by Gasteiger charge is -2.26. The van der Waals surface area contributed by atoms with Crippen LogP contribution in [0, 0.1) is 0 Å². The molecule has 0 aliphatic carbocycles. The summed E-state index contributed by atoms with van der Waals surface area (Å²) in [5.74, 6) is 0. The van der Waals surface area contributed by atoms with Gasteiger partial charge in [0.05, 0.1) is 18.9 Å². The Labute approximate surface area is 211 Å². The van der Waals surface area contributed by atoms with Gasteiger partial charge in [0.1, 0.15) is 0 Å². The molecule has 0 radical (unpaired) electrons. The molecule has 178 valence electrons. The first kappa shape index (κ1) is 23.4. The SMILES string of the molecule is OCc1ccc(CO)c(-c2ccc(N(c3ccccc3)c3ccccc3)cc2)c1Nc1ccccc1. The number of nitrogens with one attached hydrogen (secondary N) is 1. The highest BCUT2D eigenvalue weighted by atomic mass is 16.3. The van der Waals surface area contributed by atoms with Gasteiger partial charge in [-0.15, -0.1) is 0 Å². The number of benzene rings is 5. The maximum Gasteiger partial charge on any atom is 0.0702 e. The second kappa shape index (κ2) is 10.9. The first-order chi connectivity index (χ1) is 17.8. The van der Waals surface area contributed by atoms with Gasteiger partial charge in [0.2, 0.25) is 0 Å². The second-order valence-electron chi connectivity index (χ2n) is 8.49. The summed E-state index contributed by atoms with van der Waals surface area (Å²) in [6.07, 6.45) is 0. The van der Waals surface area contributed by atoms with Crippen LogP contribution in [0.15, 0.2) is 127 Å². The topological polar surface area (TPSA) is 55.7 Å². The van der Waals surface area contributed by atoms with Crippen molar-refractivity contribution in [1.82, 2.24) is 0 Å². The highest BCUT2D eigenvalue weighted by Crippen LogP contribution is 2.39. The van der Waals surface area contributed by atoms with Gasteiger partial charge in [0.25, 0.3) is 0 Å². The highest BCUT2D eigenvalue weighted by molar-refractivity contribution is 5.87. The lowest BCUT2D eigenvalue weighted by molar-refractivity contribution is 0.279. The summed E-state index contributed by atoms with van der Waals surface area (Å²) in [4.78, 5) is 2.21. The first-order valence-electron chi connectivity index (χ1n) is 12.0. The zero-order valence-corrected chi connectivity index (χ0v) is 19.9. The smallest absolute Gasteiger partial charge is 0.0702 e. The molecule has 0 aliphatic rings. The van der Waals surface area contributed by atoms with Crippen LogP contribution in [0.2, 0.25) is 0 Å². The molecule has 0 bridgehead atoms. The number of hydrogen-bond donors (Lipinski definition) is 3. The van der Waals surface area contributed by atoms with E-state index in [0.717, 1.165) is 50.7 Å². The third kappa shape index (κ3) is 4.86. The van der Waals surface area contributed by atoms with Crippen LogP contribution in [-0.4, -0.2) is 10.2 Å². The first-order valence-corrected chi connectivity index (χ1v) is 12.0. The van der Waals surface area contributed by atoms with Gasteiger partial charge in [0, 0.05) is 33.9 Å². The van der Waals surface area contributed by atoms with Crippen LogP contribution in [0.5, 0.6) is 0 Å².